The smallest absolute Gasteiger partial charge is 0.0543 e. The van der Waals surface area contributed by atoms with Crippen molar-refractivity contribution in [3.63, 3.8) is 0 Å². The summed E-state index contributed by atoms with van der Waals surface area (Å²) in [5.74, 6) is 0. The van der Waals surface area contributed by atoms with E-state index in [0.29, 0.717) is 6.10 Å². The van der Waals surface area contributed by atoms with Crippen LogP contribution in [0.15, 0.2) is 0 Å². The van der Waals surface area contributed by atoms with Crippen molar-refractivity contribution in [1.29, 1.82) is 0 Å². The van der Waals surface area contributed by atoms with Gasteiger partial charge in [0.2, 0.25) is 0 Å². The first-order valence-corrected chi connectivity index (χ1v) is 6.79. The predicted molar refractivity (Wildman–Crippen MR) is 68.9 cm³/mol. The average Bonchev–Trinajstić information content (AvgIpc) is 2.34. The Bertz CT molecular complexity index is 158. The van der Waals surface area contributed by atoms with Crippen LogP contribution in [-0.4, -0.2) is 50.8 Å². The summed E-state index contributed by atoms with van der Waals surface area (Å²) in [5.41, 5.74) is 0. The third-order valence-corrected chi connectivity index (χ3v) is 3.42. The Morgan fingerprint density at radius 2 is 1.94 bits per heavy atom. The second kappa shape index (κ2) is 8.97. The molecule has 1 saturated heterocycles. The van der Waals surface area contributed by atoms with Crippen LogP contribution in [0.1, 0.15) is 39.0 Å². The van der Waals surface area contributed by atoms with Crippen molar-refractivity contribution >= 4 is 0 Å². The highest BCUT2D eigenvalue weighted by Gasteiger charge is 2.08. The molecule has 0 spiro atoms. The Labute approximate surface area is 101 Å². The van der Waals surface area contributed by atoms with Crippen LogP contribution in [0.4, 0.5) is 0 Å². The number of hydrogen-bond acceptors (Lipinski definition) is 3. The molecule has 0 bridgehead atoms. The van der Waals surface area contributed by atoms with Crippen LogP contribution in [0.25, 0.3) is 0 Å². The van der Waals surface area contributed by atoms with Crippen LogP contribution in [0.3, 0.4) is 0 Å². The highest BCUT2D eigenvalue weighted by molar-refractivity contribution is 4.65. The molecular formula is C13H28N2O. The molecule has 1 unspecified atom stereocenters. The maximum atomic E-state index is 5.22. The van der Waals surface area contributed by atoms with E-state index in [1.54, 1.807) is 7.11 Å². The maximum Gasteiger partial charge on any atom is 0.0543 e. The molecule has 1 aliphatic rings. The largest absolute Gasteiger partial charge is 0.382 e. The maximum absolute atomic E-state index is 5.22. The van der Waals surface area contributed by atoms with Crippen LogP contribution < -0.4 is 5.32 Å². The van der Waals surface area contributed by atoms with E-state index in [0.717, 1.165) is 19.5 Å². The lowest BCUT2D eigenvalue weighted by atomic mass is 10.1. The van der Waals surface area contributed by atoms with Crippen LogP contribution in [0.2, 0.25) is 0 Å². The molecule has 1 atom stereocenters. The van der Waals surface area contributed by atoms with Gasteiger partial charge in [0.1, 0.15) is 0 Å². The highest BCUT2D eigenvalue weighted by atomic mass is 16.5. The van der Waals surface area contributed by atoms with Crippen LogP contribution >= 0.6 is 0 Å². The normalized spacial score (nSPS) is 19.9. The fraction of sp³-hybridized carbons (Fsp3) is 1.00. The minimum atomic E-state index is 0.406. The van der Waals surface area contributed by atoms with Gasteiger partial charge in [-0.1, -0.05) is 6.42 Å². The number of ether oxygens (including phenoxy) is 1. The highest BCUT2D eigenvalue weighted by Crippen LogP contribution is 2.07. The lowest BCUT2D eigenvalue weighted by Crippen LogP contribution is -2.36. The monoisotopic (exact) mass is 228 g/mol. The van der Waals surface area contributed by atoms with Gasteiger partial charge >= 0.3 is 0 Å². The van der Waals surface area contributed by atoms with E-state index < -0.39 is 0 Å². The second-order valence-corrected chi connectivity index (χ2v) is 4.84. The molecule has 1 fully saturated rings. The van der Waals surface area contributed by atoms with E-state index in [4.69, 9.17) is 4.74 Å². The van der Waals surface area contributed by atoms with Crippen LogP contribution in [-0.2, 0) is 4.74 Å². The van der Waals surface area contributed by atoms with Gasteiger partial charge in [-0.05, 0) is 52.2 Å². The lowest BCUT2D eigenvalue weighted by Gasteiger charge is -2.26. The Balaban J connectivity index is 1.84. The molecule has 0 aliphatic carbocycles. The van der Waals surface area contributed by atoms with Crippen molar-refractivity contribution in [2.75, 3.05) is 39.8 Å². The van der Waals surface area contributed by atoms with E-state index in [-0.39, 0.29) is 0 Å². The first-order chi connectivity index (χ1) is 7.83. The predicted octanol–water partition coefficient (Wildman–Crippen LogP) is 1.88. The quantitative estimate of drug-likeness (QED) is 0.642. The standard InChI is InChI=1S/C13H28N2O/c1-13(16-2)7-6-8-14-9-12-15-10-4-3-5-11-15/h13-14H,3-12H2,1-2H3. The zero-order valence-corrected chi connectivity index (χ0v) is 11.0. The molecule has 1 N–H and O–H groups in total. The molecule has 0 radical (unpaired) electrons. The summed E-state index contributed by atoms with van der Waals surface area (Å²) in [7, 11) is 1.79. The van der Waals surface area contributed by atoms with Gasteiger partial charge in [-0.25, -0.2) is 0 Å². The molecule has 0 saturated carbocycles. The Kier molecular flexibility index (Phi) is 7.81. The number of hydrogen-bond donors (Lipinski definition) is 1. The second-order valence-electron chi connectivity index (χ2n) is 4.84. The fourth-order valence-corrected chi connectivity index (χ4v) is 2.18. The van der Waals surface area contributed by atoms with Crippen molar-refractivity contribution in [3.8, 4) is 0 Å². The summed E-state index contributed by atoms with van der Waals surface area (Å²) >= 11 is 0. The Morgan fingerprint density at radius 1 is 1.19 bits per heavy atom. The van der Waals surface area contributed by atoms with E-state index in [2.05, 4.69) is 17.1 Å². The van der Waals surface area contributed by atoms with Crippen LogP contribution in [0, 0.1) is 0 Å². The first kappa shape index (κ1) is 13.9. The summed E-state index contributed by atoms with van der Waals surface area (Å²) < 4.78 is 5.22. The number of methoxy groups -OCH3 is 1. The topological polar surface area (TPSA) is 24.5 Å². The first-order valence-electron chi connectivity index (χ1n) is 6.79. The molecular weight excluding hydrogens is 200 g/mol. The van der Waals surface area contributed by atoms with E-state index in [1.807, 2.05) is 0 Å². The summed E-state index contributed by atoms with van der Waals surface area (Å²) in [5, 5.41) is 3.51. The van der Waals surface area contributed by atoms with Gasteiger partial charge in [-0.2, -0.15) is 0 Å². The lowest BCUT2D eigenvalue weighted by molar-refractivity contribution is 0.109. The van der Waals surface area contributed by atoms with E-state index in [9.17, 15) is 0 Å². The van der Waals surface area contributed by atoms with Gasteiger partial charge in [-0.3, -0.25) is 0 Å². The molecule has 0 aromatic rings. The molecule has 3 heteroatoms. The number of rotatable bonds is 8. The number of nitrogens with zero attached hydrogens (tertiary/aromatic N) is 1. The van der Waals surface area contributed by atoms with Crippen molar-refractivity contribution in [1.82, 2.24) is 10.2 Å². The van der Waals surface area contributed by atoms with E-state index in [1.165, 1.54) is 45.3 Å². The van der Waals surface area contributed by atoms with Crippen molar-refractivity contribution in [3.05, 3.63) is 0 Å². The summed E-state index contributed by atoms with van der Waals surface area (Å²) in [4.78, 5) is 2.58. The van der Waals surface area contributed by atoms with Gasteiger partial charge < -0.3 is 15.0 Å². The van der Waals surface area contributed by atoms with E-state index >= 15 is 0 Å². The Hall–Kier alpha value is -0.120. The molecule has 1 aliphatic heterocycles. The third kappa shape index (κ3) is 6.46. The molecule has 16 heavy (non-hydrogen) atoms. The summed E-state index contributed by atoms with van der Waals surface area (Å²) in [6.45, 7) is 8.24. The van der Waals surface area contributed by atoms with Crippen molar-refractivity contribution in [2.24, 2.45) is 0 Å². The van der Waals surface area contributed by atoms with Gasteiger partial charge in [0.25, 0.3) is 0 Å². The summed E-state index contributed by atoms with van der Waals surface area (Å²) in [6, 6.07) is 0. The molecule has 0 aromatic heterocycles. The number of piperidine rings is 1. The number of likely N-dealkylation sites (tertiary alicyclic amines) is 1. The summed E-state index contributed by atoms with van der Waals surface area (Å²) in [6.07, 6.45) is 7.00. The average molecular weight is 228 g/mol. The molecule has 96 valence electrons. The molecule has 0 aromatic carbocycles. The third-order valence-electron chi connectivity index (χ3n) is 3.42. The van der Waals surface area contributed by atoms with Gasteiger partial charge in [0.05, 0.1) is 6.10 Å². The molecule has 3 nitrogen and oxygen atoms in total. The Morgan fingerprint density at radius 3 is 2.62 bits per heavy atom. The zero-order valence-electron chi connectivity index (χ0n) is 11.0. The molecule has 0 amide bonds. The van der Waals surface area contributed by atoms with Crippen molar-refractivity contribution in [2.45, 2.75) is 45.1 Å². The number of nitrogens with one attached hydrogen (secondary N) is 1. The van der Waals surface area contributed by atoms with Gasteiger partial charge in [0, 0.05) is 20.2 Å². The zero-order chi connectivity index (χ0) is 11.6. The van der Waals surface area contributed by atoms with Gasteiger partial charge in [-0.15, -0.1) is 0 Å². The van der Waals surface area contributed by atoms with Crippen molar-refractivity contribution < 1.29 is 4.74 Å². The fourth-order valence-electron chi connectivity index (χ4n) is 2.18. The molecule has 1 rings (SSSR count). The SMILES string of the molecule is COC(C)CCCNCCN1CCCCC1. The van der Waals surface area contributed by atoms with Crippen LogP contribution in [0.5, 0.6) is 0 Å². The molecule has 1 heterocycles. The minimum Gasteiger partial charge on any atom is -0.382 e. The van der Waals surface area contributed by atoms with Gasteiger partial charge in [0.15, 0.2) is 0 Å². The minimum absolute atomic E-state index is 0.406.